The summed E-state index contributed by atoms with van der Waals surface area (Å²) in [5.41, 5.74) is 0.459. The molecule has 0 amide bonds. The number of carbonyl (C=O) groups excluding carboxylic acids is 1. The lowest BCUT2D eigenvalue weighted by atomic mass is 10.2. The fourth-order valence-corrected chi connectivity index (χ4v) is 2.74. The second-order valence-corrected chi connectivity index (χ2v) is 6.17. The molecule has 1 heterocycles. The fourth-order valence-electron chi connectivity index (χ4n) is 2.08. The first kappa shape index (κ1) is 17.4. The number of rotatable bonds is 3. The molecule has 0 aromatic heterocycles. The molecule has 0 fully saturated rings. The van der Waals surface area contributed by atoms with E-state index < -0.39 is 10.9 Å². The third-order valence-electron chi connectivity index (χ3n) is 3.27. The average molecular weight is 398 g/mol. The van der Waals surface area contributed by atoms with Crippen molar-refractivity contribution < 1.29 is 14.5 Å². The smallest absolute Gasteiger partial charge is 0.363 e. The predicted octanol–water partition coefficient (Wildman–Crippen LogP) is 4.90. The number of halogens is 3. The van der Waals surface area contributed by atoms with Gasteiger partial charge in [0.15, 0.2) is 5.70 Å². The van der Waals surface area contributed by atoms with E-state index in [0.717, 1.165) is 0 Å². The zero-order valence-corrected chi connectivity index (χ0v) is 14.5. The van der Waals surface area contributed by atoms with Crippen LogP contribution in [0.25, 0.3) is 6.08 Å². The number of nitrogens with zero attached hydrogens (tertiary/aromatic N) is 2. The van der Waals surface area contributed by atoms with E-state index in [2.05, 4.69) is 4.99 Å². The number of hydrogen-bond acceptors (Lipinski definition) is 5. The van der Waals surface area contributed by atoms with E-state index in [9.17, 15) is 14.9 Å². The van der Waals surface area contributed by atoms with E-state index in [1.165, 1.54) is 30.3 Å². The van der Waals surface area contributed by atoms with Crippen LogP contribution in [-0.4, -0.2) is 16.8 Å². The molecular weight excluding hydrogens is 391 g/mol. The zero-order chi connectivity index (χ0) is 18.1. The number of esters is 1. The summed E-state index contributed by atoms with van der Waals surface area (Å²) in [5, 5.41) is 11.9. The number of nitro benzene ring substituents is 1. The zero-order valence-electron chi connectivity index (χ0n) is 12.2. The normalized spacial score (nSPS) is 15.2. The highest BCUT2D eigenvalue weighted by Gasteiger charge is 2.27. The Morgan fingerprint density at radius 2 is 1.84 bits per heavy atom. The molecule has 2 aromatic rings. The van der Waals surface area contributed by atoms with Crippen LogP contribution in [0.1, 0.15) is 11.1 Å². The van der Waals surface area contributed by atoms with Crippen molar-refractivity contribution in [3.8, 4) is 0 Å². The molecule has 126 valence electrons. The minimum atomic E-state index is -0.719. The Labute approximate surface area is 156 Å². The molecule has 0 unspecified atom stereocenters. The van der Waals surface area contributed by atoms with Crippen molar-refractivity contribution in [1.29, 1.82) is 0 Å². The van der Waals surface area contributed by atoms with Gasteiger partial charge >= 0.3 is 5.97 Å². The molecule has 6 nitrogen and oxygen atoms in total. The second-order valence-electron chi connectivity index (χ2n) is 4.92. The number of hydrogen-bond donors (Lipinski definition) is 0. The lowest BCUT2D eigenvalue weighted by Gasteiger charge is -2.02. The van der Waals surface area contributed by atoms with E-state index in [1.54, 1.807) is 12.1 Å². The van der Waals surface area contributed by atoms with E-state index in [4.69, 9.17) is 39.5 Å². The number of cyclic esters (lactones) is 1. The van der Waals surface area contributed by atoms with Crippen LogP contribution in [0, 0.1) is 10.1 Å². The van der Waals surface area contributed by atoms with Gasteiger partial charge in [-0.05, 0) is 29.8 Å². The van der Waals surface area contributed by atoms with Crippen LogP contribution in [0.3, 0.4) is 0 Å². The minimum Gasteiger partial charge on any atom is -0.402 e. The second kappa shape index (κ2) is 6.84. The highest BCUT2D eigenvalue weighted by Crippen LogP contribution is 2.29. The molecule has 0 saturated carbocycles. The molecule has 1 aliphatic rings. The minimum absolute atomic E-state index is 0.0122. The number of nitro groups is 1. The summed E-state index contributed by atoms with van der Waals surface area (Å²) < 4.78 is 5.08. The summed E-state index contributed by atoms with van der Waals surface area (Å²) in [6, 6.07) is 8.53. The summed E-state index contributed by atoms with van der Waals surface area (Å²) >= 11 is 17.9. The highest BCUT2D eigenvalue weighted by atomic mass is 35.5. The van der Waals surface area contributed by atoms with Crippen LogP contribution in [0.5, 0.6) is 0 Å². The molecule has 0 atom stereocenters. The van der Waals surface area contributed by atoms with Gasteiger partial charge in [-0.2, -0.15) is 0 Å². The van der Waals surface area contributed by atoms with Gasteiger partial charge in [0.05, 0.1) is 15.5 Å². The maximum Gasteiger partial charge on any atom is 0.363 e. The van der Waals surface area contributed by atoms with Crippen LogP contribution in [0.4, 0.5) is 5.69 Å². The van der Waals surface area contributed by atoms with E-state index in [-0.39, 0.29) is 27.9 Å². The molecular formula is C16H7Cl3N2O4. The number of non-ortho nitro benzene ring substituents is 1. The summed E-state index contributed by atoms with van der Waals surface area (Å²) in [7, 11) is 0. The number of ether oxygens (including phenoxy) is 1. The molecule has 0 saturated heterocycles. The largest absolute Gasteiger partial charge is 0.402 e. The lowest BCUT2D eigenvalue weighted by molar-refractivity contribution is -0.384. The predicted molar refractivity (Wildman–Crippen MR) is 95.2 cm³/mol. The quantitative estimate of drug-likeness (QED) is 0.319. The fraction of sp³-hybridized carbons (Fsp3) is 0. The van der Waals surface area contributed by atoms with Gasteiger partial charge in [0.25, 0.3) is 5.69 Å². The third kappa shape index (κ3) is 3.66. The Morgan fingerprint density at radius 3 is 2.52 bits per heavy atom. The van der Waals surface area contributed by atoms with E-state index in [0.29, 0.717) is 15.6 Å². The van der Waals surface area contributed by atoms with Crippen molar-refractivity contribution in [1.82, 2.24) is 0 Å². The first-order chi connectivity index (χ1) is 11.8. The van der Waals surface area contributed by atoms with Crippen LogP contribution in [0.2, 0.25) is 15.1 Å². The highest BCUT2D eigenvalue weighted by molar-refractivity contribution is 6.36. The molecule has 2 aromatic carbocycles. The first-order valence-corrected chi connectivity index (χ1v) is 7.90. The summed E-state index contributed by atoms with van der Waals surface area (Å²) in [4.78, 5) is 26.4. The van der Waals surface area contributed by atoms with Crippen LogP contribution in [-0.2, 0) is 9.53 Å². The number of aliphatic imine (C=N–C) groups is 1. The Kier molecular flexibility index (Phi) is 4.76. The van der Waals surface area contributed by atoms with Gasteiger partial charge in [0.2, 0.25) is 5.90 Å². The first-order valence-electron chi connectivity index (χ1n) is 6.77. The van der Waals surface area contributed by atoms with Crippen molar-refractivity contribution in [3.63, 3.8) is 0 Å². The molecule has 0 radical (unpaired) electrons. The maximum absolute atomic E-state index is 12.0. The van der Waals surface area contributed by atoms with Crippen molar-refractivity contribution in [2.45, 2.75) is 0 Å². The summed E-state index contributed by atoms with van der Waals surface area (Å²) in [6.45, 7) is 0. The summed E-state index contributed by atoms with van der Waals surface area (Å²) in [6.07, 6.45) is 1.43. The van der Waals surface area contributed by atoms with Gasteiger partial charge in [-0.3, -0.25) is 10.1 Å². The number of benzene rings is 2. The van der Waals surface area contributed by atoms with Crippen molar-refractivity contribution in [2.75, 3.05) is 0 Å². The van der Waals surface area contributed by atoms with Gasteiger partial charge in [-0.1, -0.05) is 40.9 Å². The monoisotopic (exact) mass is 396 g/mol. The number of carbonyl (C=O) groups is 1. The van der Waals surface area contributed by atoms with E-state index >= 15 is 0 Å². The van der Waals surface area contributed by atoms with Gasteiger partial charge in [0.1, 0.15) is 0 Å². The Bertz CT molecular complexity index is 970. The standard InChI is InChI=1S/C16H7Cl3N2O4/c17-9-2-1-8(13(19)6-9)5-14-16(22)25-15(20-14)11-7-10(21(23)24)3-4-12(11)18/h1-7H/b14-5-. The SMILES string of the molecule is O=C1OC(c2cc([N+](=O)[O-])ccc2Cl)=N/C1=C\c1ccc(Cl)cc1Cl. The van der Waals surface area contributed by atoms with Crippen molar-refractivity contribution in [2.24, 2.45) is 4.99 Å². The molecule has 0 N–H and O–H groups in total. The van der Waals surface area contributed by atoms with Gasteiger partial charge in [-0.15, -0.1) is 0 Å². The van der Waals surface area contributed by atoms with Gasteiger partial charge in [-0.25, -0.2) is 9.79 Å². The Hall–Kier alpha value is -2.41. The topological polar surface area (TPSA) is 81.8 Å². The van der Waals surface area contributed by atoms with E-state index in [1.807, 2.05) is 0 Å². The Balaban J connectivity index is 2.02. The van der Waals surface area contributed by atoms with Crippen LogP contribution >= 0.6 is 34.8 Å². The van der Waals surface area contributed by atoms with Crippen LogP contribution in [0.15, 0.2) is 47.1 Å². The molecule has 0 bridgehead atoms. The molecule has 3 rings (SSSR count). The van der Waals surface area contributed by atoms with Crippen LogP contribution < -0.4 is 0 Å². The third-order valence-corrected chi connectivity index (χ3v) is 4.16. The van der Waals surface area contributed by atoms with Crippen molar-refractivity contribution in [3.05, 3.63) is 78.4 Å². The average Bonchev–Trinajstić information content (AvgIpc) is 2.91. The maximum atomic E-state index is 12.0. The lowest BCUT2D eigenvalue weighted by Crippen LogP contribution is -2.06. The molecule has 1 aliphatic heterocycles. The molecule has 25 heavy (non-hydrogen) atoms. The molecule has 9 heteroatoms. The summed E-state index contributed by atoms with van der Waals surface area (Å²) in [5.74, 6) is -0.835. The van der Waals surface area contributed by atoms with Gasteiger partial charge < -0.3 is 4.74 Å². The van der Waals surface area contributed by atoms with Gasteiger partial charge in [0, 0.05) is 22.2 Å². The molecule has 0 aliphatic carbocycles. The molecule has 0 spiro atoms. The Morgan fingerprint density at radius 1 is 1.08 bits per heavy atom. The van der Waals surface area contributed by atoms with Crippen molar-refractivity contribution >= 4 is 58.4 Å².